The summed E-state index contributed by atoms with van der Waals surface area (Å²) < 4.78 is 1.07. The van der Waals surface area contributed by atoms with E-state index in [9.17, 15) is 0 Å². The van der Waals surface area contributed by atoms with Crippen molar-refractivity contribution in [3.05, 3.63) is 70.2 Å². The first-order valence-electron chi connectivity index (χ1n) is 6.03. The van der Waals surface area contributed by atoms with E-state index in [1.165, 1.54) is 17.3 Å². The summed E-state index contributed by atoms with van der Waals surface area (Å²) in [5, 5.41) is 8.41. The fourth-order valence-corrected chi connectivity index (χ4v) is 2.33. The molecule has 0 radical (unpaired) electrons. The van der Waals surface area contributed by atoms with Crippen molar-refractivity contribution in [1.82, 2.24) is 0 Å². The lowest BCUT2D eigenvalue weighted by Gasteiger charge is -2.00. The van der Waals surface area contributed by atoms with Gasteiger partial charge in [-0.25, -0.2) is 0 Å². The molecule has 0 aliphatic carbocycles. The van der Waals surface area contributed by atoms with Crippen LogP contribution in [0, 0.1) is 0 Å². The van der Waals surface area contributed by atoms with Crippen molar-refractivity contribution in [2.24, 2.45) is 15.9 Å². The number of halogens is 2. The monoisotopic (exact) mass is 427 g/mol. The zero-order valence-electron chi connectivity index (χ0n) is 11.1. The predicted molar refractivity (Wildman–Crippen MR) is 101 cm³/mol. The zero-order valence-corrected chi connectivity index (χ0v) is 15.3. The van der Waals surface area contributed by atoms with Gasteiger partial charge in [-0.15, -0.1) is 22.1 Å². The van der Waals surface area contributed by atoms with Crippen LogP contribution in [-0.2, 0) is 5.75 Å². The van der Waals surface area contributed by atoms with Gasteiger partial charge in [-0.1, -0.05) is 70.2 Å². The van der Waals surface area contributed by atoms with Gasteiger partial charge in [0, 0.05) is 10.2 Å². The summed E-state index contributed by atoms with van der Waals surface area (Å²) >= 11 is 4.88. The normalized spacial score (nSPS) is 11.4. The quantitative estimate of drug-likeness (QED) is 0.439. The van der Waals surface area contributed by atoms with Crippen LogP contribution in [0.4, 0.5) is 0 Å². The molecular formula is C15H15Br2N3S. The number of benzene rings is 2. The number of nitrogens with two attached hydrogens (primary N) is 1. The highest BCUT2D eigenvalue weighted by Gasteiger charge is 1.97. The predicted octanol–water partition coefficient (Wildman–Crippen LogP) is 4.61. The molecular weight excluding hydrogens is 414 g/mol. The maximum Gasteiger partial charge on any atom is 0.180 e. The third-order valence-corrected chi connectivity index (χ3v) is 3.85. The molecule has 0 aliphatic rings. The van der Waals surface area contributed by atoms with Crippen molar-refractivity contribution in [3.63, 3.8) is 0 Å². The molecule has 2 N–H and O–H groups in total. The van der Waals surface area contributed by atoms with Crippen molar-refractivity contribution in [1.29, 1.82) is 0 Å². The number of hydrogen-bond acceptors (Lipinski definition) is 3. The molecule has 0 amide bonds. The van der Waals surface area contributed by atoms with Crippen molar-refractivity contribution in [2.75, 3.05) is 0 Å². The highest BCUT2D eigenvalue weighted by atomic mass is 79.9. The molecule has 110 valence electrons. The van der Waals surface area contributed by atoms with Gasteiger partial charge in [-0.3, -0.25) is 0 Å². The molecule has 2 aromatic rings. The van der Waals surface area contributed by atoms with E-state index >= 15 is 0 Å². The first-order chi connectivity index (χ1) is 9.74. The summed E-state index contributed by atoms with van der Waals surface area (Å²) in [5.41, 5.74) is 8.00. The minimum atomic E-state index is 0. The average molecular weight is 429 g/mol. The zero-order chi connectivity index (χ0) is 14.2. The highest BCUT2D eigenvalue weighted by Crippen LogP contribution is 2.15. The fourth-order valence-electron chi connectivity index (χ4n) is 1.46. The lowest BCUT2D eigenvalue weighted by Crippen LogP contribution is -2.06. The average Bonchev–Trinajstić information content (AvgIpc) is 2.48. The van der Waals surface area contributed by atoms with E-state index in [4.69, 9.17) is 5.73 Å². The maximum absolute atomic E-state index is 5.81. The minimum Gasteiger partial charge on any atom is -0.377 e. The van der Waals surface area contributed by atoms with Crippen LogP contribution < -0.4 is 5.73 Å². The van der Waals surface area contributed by atoms with Crippen LogP contribution in [-0.4, -0.2) is 11.4 Å². The Labute approximate surface area is 147 Å². The second-order valence-corrected chi connectivity index (χ2v) is 5.92. The van der Waals surface area contributed by atoms with Crippen LogP contribution in [0.25, 0.3) is 0 Å². The third kappa shape index (κ3) is 6.93. The molecule has 0 bridgehead atoms. The van der Waals surface area contributed by atoms with Crippen molar-refractivity contribution in [3.8, 4) is 0 Å². The van der Waals surface area contributed by atoms with Crippen LogP contribution >= 0.6 is 44.7 Å². The topological polar surface area (TPSA) is 50.7 Å². The lowest BCUT2D eigenvalue weighted by atomic mass is 10.2. The van der Waals surface area contributed by atoms with Crippen molar-refractivity contribution < 1.29 is 0 Å². The molecule has 0 heterocycles. The summed E-state index contributed by atoms with van der Waals surface area (Å²) in [4.78, 5) is 0. The molecule has 0 aliphatic heterocycles. The Hall–Kier alpha value is -1.11. The van der Waals surface area contributed by atoms with E-state index in [0.29, 0.717) is 5.17 Å². The third-order valence-electron chi connectivity index (χ3n) is 2.46. The maximum atomic E-state index is 5.81. The van der Waals surface area contributed by atoms with Gasteiger partial charge in [0.1, 0.15) is 0 Å². The summed E-state index contributed by atoms with van der Waals surface area (Å²) in [6.45, 7) is 0. The van der Waals surface area contributed by atoms with E-state index in [-0.39, 0.29) is 17.0 Å². The van der Waals surface area contributed by atoms with Crippen molar-refractivity contribution >= 4 is 56.1 Å². The molecule has 2 rings (SSSR count). The molecule has 0 saturated carbocycles. The van der Waals surface area contributed by atoms with Gasteiger partial charge in [0.05, 0.1) is 6.21 Å². The summed E-state index contributed by atoms with van der Waals surface area (Å²) in [7, 11) is 0. The van der Waals surface area contributed by atoms with Gasteiger partial charge in [0.2, 0.25) is 0 Å². The minimum absolute atomic E-state index is 0. The molecule has 0 fully saturated rings. The molecule has 21 heavy (non-hydrogen) atoms. The van der Waals surface area contributed by atoms with E-state index in [2.05, 4.69) is 38.3 Å². The number of rotatable bonds is 4. The summed E-state index contributed by atoms with van der Waals surface area (Å²) in [5.74, 6) is 0.781. The molecule has 0 saturated heterocycles. The van der Waals surface area contributed by atoms with Gasteiger partial charge in [0.15, 0.2) is 5.17 Å². The van der Waals surface area contributed by atoms with E-state index < -0.39 is 0 Å². The lowest BCUT2D eigenvalue weighted by molar-refractivity contribution is 1.25. The van der Waals surface area contributed by atoms with E-state index in [0.717, 1.165) is 15.8 Å². The van der Waals surface area contributed by atoms with Gasteiger partial charge in [-0.05, 0) is 23.3 Å². The van der Waals surface area contributed by atoms with E-state index in [1.54, 1.807) is 6.21 Å². The number of amidine groups is 1. The molecule has 0 unspecified atom stereocenters. The van der Waals surface area contributed by atoms with E-state index in [1.807, 2.05) is 42.5 Å². The number of hydrogen-bond donors (Lipinski definition) is 1. The first-order valence-corrected chi connectivity index (χ1v) is 7.81. The Balaban J connectivity index is 0.00000220. The second kappa shape index (κ2) is 9.76. The highest BCUT2D eigenvalue weighted by molar-refractivity contribution is 9.10. The number of thioether (sulfide) groups is 1. The van der Waals surface area contributed by atoms with Crippen LogP contribution in [0.3, 0.4) is 0 Å². The Morgan fingerprint density at radius 1 is 1.10 bits per heavy atom. The summed E-state index contributed by atoms with van der Waals surface area (Å²) in [6, 6.07) is 17.9. The van der Waals surface area contributed by atoms with Crippen LogP contribution in [0.15, 0.2) is 69.3 Å². The Morgan fingerprint density at radius 2 is 1.76 bits per heavy atom. The Kier molecular flexibility index (Phi) is 8.34. The molecule has 6 heteroatoms. The van der Waals surface area contributed by atoms with Crippen LogP contribution in [0.1, 0.15) is 11.1 Å². The van der Waals surface area contributed by atoms with Crippen molar-refractivity contribution in [2.45, 2.75) is 5.75 Å². The summed E-state index contributed by atoms with van der Waals surface area (Å²) in [6.07, 6.45) is 1.69. The van der Waals surface area contributed by atoms with Crippen LogP contribution in [0.2, 0.25) is 0 Å². The van der Waals surface area contributed by atoms with Gasteiger partial charge in [0.25, 0.3) is 0 Å². The molecule has 0 spiro atoms. The SMILES string of the molecule is Br.NC(=N/N=C/c1ccccc1)SCc1ccc(Br)cc1. The standard InChI is InChI=1S/C15H14BrN3S.BrH/c16-14-8-6-13(7-9-14)11-20-15(17)19-18-10-12-4-2-1-3-5-12;/h1-10H,11H2,(H2,17,19);1H/b18-10+;. The smallest absolute Gasteiger partial charge is 0.180 e. The fraction of sp³-hybridized carbons (Fsp3) is 0.0667. The molecule has 0 aromatic heterocycles. The Morgan fingerprint density at radius 3 is 2.43 bits per heavy atom. The Bertz CT molecular complexity index is 598. The van der Waals surface area contributed by atoms with Gasteiger partial charge < -0.3 is 5.73 Å². The number of nitrogens with zero attached hydrogens (tertiary/aromatic N) is 2. The first kappa shape index (κ1) is 17.9. The molecule has 3 nitrogen and oxygen atoms in total. The second-order valence-electron chi connectivity index (χ2n) is 4.01. The molecule has 0 atom stereocenters. The van der Waals surface area contributed by atoms with Crippen LogP contribution in [0.5, 0.6) is 0 Å². The molecule has 2 aromatic carbocycles. The largest absolute Gasteiger partial charge is 0.377 e. The van der Waals surface area contributed by atoms with Gasteiger partial charge in [-0.2, -0.15) is 5.10 Å². The van der Waals surface area contributed by atoms with Gasteiger partial charge >= 0.3 is 0 Å².